The van der Waals surface area contributed by atoms with Crippen molar-refractivity contribution in [3.05, 3.63) is 71.8 Å². The van der Waals surface area contributed by atoms with Gasteiger partial charge in [0.15, 0.2) is 0 Å². The average Bonchev–Trinajstić information content (AvgIpc) is 2.64. The second kappa shape index (κ2) is 15.1. The monoisotopic (exact) mass is 544 g/mol. The van der Waals surface area contributed by atoms with Gasteiger partial charge < -0.3 is 52.4 Å². The summed E-state index contributed by atoms with van der Waals surface area (Å²) in [7, 11) is 9.00. The van der Waals surface area contributed by atoms with Crippen molar-refractivity contribution >= 4 is 0 Å². The van der Waals surface area contributed by atoms with Crippen molar-refractivity contribution < 1.29 is 52.4 Å². The molecule has 30 heavy (non-hydrogen) atoms. The number of ether oxygens (including phenoxy) is 2. The highest BCUT2D eigenvalue weighted by Crippen LogP contribution is 2.09. The molecule has 2 aromatic rings. The summed E-state index contributed by atoms with van der Waals surface area (Å²) in [6.45, 7) is 6.89. The Hall–Kier alpha value is -0.760. The van der Waals surface area contributed by atoms with Crippen LogP contribution in [0.3, 0.4) is 0 Å². The number of hydrogen-bond acceptors (Lipinski definition) is 2. The second-order valence-corrected chi connectivity index (χ2v) is 8.83. The van der Waals surface area contributed by atoms with Gasteiger partial charge in [0.2, 0.25) is 0 Å². The van der Waals surface area contributed by atoms with E-state index in [0.29, 0.717) is 13.2 Å². The molecule has 0 heterocycles. The Bertz CT molecular complexity index is 608. The molecule has 170 valence electrons. The van der Waals surface area contributed by atoms with Crippen LogP contribution in [-0.2, 0) is 22.6 Å². The van der Waals surface area contributed by atoms with E-state index in [0.717, 1.165) is 48.4 Å². The molecule has 0 amide bonds. The lowest BCUT2D eigenvalue weighted by molar-refractivity contribution is -0.904. The fourth-order valence-electron chi connectivity index (χ4n) is 3.26. The zero-order chi connectivity index (χ0) is 20.3. The number of halogens is 2. The third-order valence-electron chi connectivity index (χ3n) is 4.96. The van der Waals surface area contributed by atoms with Gasteiger partial charge in [0.25, 0.3) is 0 Å². The number of benzene rings is 2. The standard InChI is InChI=1S/C24H38N2O2.2BrH/c1-25(2,21-23-11-7-5-8-12-23)15-17-27-19-20-28-18-16-26(3,4)22-24-13-9-6-10-14-24;;/h5-14H,15-22H2,1-4H3;2*1H/q+2;;/p-2. The summed E-state index contributed by atoms with van der Waals surface area (Å²) in [6.07, 6.45) is 0. The molecule has 0 fully saturated rings. The minimum Gasteiger partial charge on any atom is -1.00 e. The van der Waals surface area contributed by atoms with Crippen molar-refractivity contribution in [3.8, 4) is 0 Å². The van der Waals surface area contributed by atoms with Gasteiger partial charge >= 0.3 is 0 Å². The highest BCUT2D eigenvalue weighted by atomic mass is 79.9. The summed E-state index contributed by atoms with van der Waals surface area (Å²) in [5, 5.41) is 0. The summed E-state index contributed by atoms with van der Waals surface area (Å²) in [4.78, 5) is 0. The fourth-order valence-corrected chi connectivity index (χ4v) is 3.26. The smallest absolute Gasteiger partial charge is 0.104 e. The van der Waals surface area contributed by atoms with E-state index in [-0.39, 0.29) is 34.0 Å². The first-order chi connectivity index (χ1) is 13.4. The summed E-state index contributed by atoms with van der Waals surface area (Å²) >= 11 is 0. The zero-order valence-corrected chi connectivity index (χ0v) is 22.1. The molecule has 0 aromatic heterocycles. The molecule has 0 saturated heterocycles. The Balaban J connectivity index is 0.00000420. The molecule has 0 aliphatic rings. The number of hydrogen-bond donors (Lipinski definition) is 0. The summed E-state index contributed by atoms with van der Waals surface area (Å²) < 4.78 is 13.4. The molecule has 2 aromatic carbocycles. The predicted octanol–water partition coefficient (Wildman–Crippen LogP) is -2.42. The van der Waals surface area contributed by atoms with Crippen molar-refractivity contribution in [2.75, 3.05) is 67.7 Å². The number of rotatable bonds is 13. The molecule has 0 N–H and O–H groups in total. The van der Waals surface area contributed by atoms with Crippen LogP contribution in [0.5, 0.6) is 0 Å². The maximum atomic E-state index is 5.79. The van der Waals surface area contributed by atoms with Crippen molar-refractivity contribution in [2.24, 2.45) is 0 Å². The lowest BCUT2D eigenvalue weighted by Crippen LogP contribution is -3.00. The Morgan fingerprint density at radius 2 is 0.867 bits per heavy atom. The van der Waals surface area contributed by atoms with Gasteiger partial charge in [-0.25, -0.2) is 0 Å². The van der Waals surface area contributed by atoms with E-state index in [1.165, 1.54) is 11.1 Å². The summed E-state index contributed by atoms with van der Waals surface area (Å²) in [6, 6.07) is 21.3. The van der Waals surface area contributed by atoms with Gasteiger partial charge in [-0.1, -0.05) is 60.7 Å². The Morgan fingerprint density at radius 1 is 0.533 bits per heavy atom. The predicted molar refractivity (Wildman–Crippen MR) is 116 cm³/mol. The highest BCUT2D eigenvalue weighted by molar-refractivity contribution is 5.14. The van der Waals surface area contributed by atoms with Crippen molar-refractivity contribution in [3.63, 3.8) is 0 Å². The highest BCUT2D eigenvalue weighted by Gasteiger charge is 2.16. The van der Waals surface area contributed by atoms with Crippen molar-refractivity contribution in [1.82, 2.24) is 0 Å². The van der Waals surface area contributed by atoms with Crippen LogP contribution in [0.15, 0.2) is 60.7 Å². The van der Waals surface area contributed by atoms with Crippen LogP contribution in [0.2, 0.25) is 0 Å². The molecule has 2 rings (SSSR count). The number of quaternary nitrogens is 2. The summed E-state index contributed by atoms with van der Waals surface area (Å²) in [5.41, 5.74) is 2.74. The lowest BCUT2D eigenvalue weighted by atomic mass is 10.2. The Kier molecular flexibility index (Phi) is 14.7. The number of nitrogens with zero attached hydrogens (tertiary/aromatic N) is 2. The maximum Gasteiger partial charge on any atom is 0.104 e. The first-order valence-corrected chi connectivity index (χ1v) is 10.2. The summed E-state index contributed by atoms with van der Waals surface area (Å²) in [5.74, 6) is 0. The average molecular weight is 546 g/mol. The van der Waals surface area contributed by atoms with Gasteiger partial charge in [0, 0.05) is 11.1 Å². The molecule has 4 nitrogen and oxygen atoms in total. The van der Waals surface area contributed by atoms with Crippen LogP contribution < -0.4 is 34.0 Å². The molecule has 0 bridgehead atoms. The van der Waals surface area contributed by atoms with E-state index in [4.69, 9.17) is 9.47 Å². The number of likely N-dealkylation sites (N-methyl/N-ethyl adjacent to an activating group) is 2. The van der Waals surface area contributed by atoms with Crippen molar-refractivity contribution in [2.45, 2.75) is 13.1 Å². The molecule has 0 atom stereocenters. The van der Waals surface area contributed by atoms with Gasteiger partial charge in [-0.2, -0.15) is 0 Å². The van der Waals surface area contributed by atoms with Crippen LogP contribution in [-0.4, -0.2) is 76.7 Å². The minimum atomic E-state index is 0. The SMILES string of the molecule is C[N+](C)(CCOCCOCC[N+](C)(C)Cc1ccccc1)Cc1ccccc1.[Br-].[Br-]. The quantitative estimate of drug-likeness (QED) is 0.206. The molecular formula is C24H38Br2N2O2. The minimum absolute atomic E-state index is 0. The molecule has 6 heteroatoms. The molecule has 0 saturated carbocycles. The Labute approximate surface area is 204 Å². The van der Waals surface area contributed by atoms with E-state index < -0.39 is 0 Å². The first-order valence-electron chi connectivity index (χ1n) is 10.2. The second-order valence-electron chi connectivity index (χ2n) is 8.83. The third kappa shape index (κ3) is 12.8. The van der Waals surface area contributed by atoms with Gasteiger partial charge in [-0.15, -0.1) is 0 Å². The van der Waals surface area contributed by atoms with E-state index >= 15 is 0 Å². The van der Waals surface area contributed by atoms with Crippen LogP contribution in [0.25, 0.3) is 0 Å². The van der Waals surface area contributed by atoms with Gasteiger partial charge in [-0.3, -0.25) is 0 Å². The molecule has 0 aliphatic carbocycles. The maximum absolute atomic E-state index is 5.79. The van der Waals surface area contributed by atoms with Crippen LogP contribution in [0.1, 0.15) is 11.1 Å². The van der Waals surface area contributed by atoms with Gasteiger partial charge in [0.05, 0.1) is 54.6 Å². The van der Waals surface area contributed by atoms with Gasteiger partial charge in [0.1, 0.15) is 26.2 Å². The lowest BCUT2D eigenvalue weighted by Gasteiger charge is -2.30. The zero-order valence-electron chi connectivity index (χ0n) is 18.9. The Morgan fingerprint density at radius 3 is 1.20 bits per heavy atom. The molecule has 0 spiro atoms. The fraction of sp³-hybridized carbons (Fsp3) is 0.500. The van der Waals surface area contributed by atoms with Gasteiger partial charge in [-0.05, 0) is 0 Å². The molecular weight excluding hydrogens is 508 g/mol. The largest absolute Gasteiger partial charge is 1.00 e. The third-order valence-corrected chi connectivity index (χ3v) is 4.96. The van der Waals surface area contributed by atoms with Crippen molar-refractivity contribution in [1.29, 1.82) is 0 Å². The molecule has 0 radical (unpaired) electrons. The van der Waals surface area contributed by atoms with Crippen LogP contribution in [0, 0.1) is 0 Å². The van der Waals surface area contributed by atoms with E-state index in [2.05, 4.69) is 88.9 Å². The first kappa shape index (κ1) is 29.2. The molecule has 0 unspecified atom stereocenters. The van der Waals surface area contributed by atoms with Crippen LogP contribution in [0.4, 0.5) is 0 Å². The van der Waals surface area contributed by atoms with Crippen LogP contribution >= 0.6 is 0 Å². The normalized spacial score (nSPS) is 11.5. The molecule has 0 aliphatic heterocycles. The van der Waals surface area contributed by atoms with E-state index in [9.17, 15) is 0 Å². The van der Waals surface area contributed by atoms with E-state index in [1.807, 2.05) is 0 Å². The van der Waals surface area contributed by atoms with E-state index in [1.54, 1.807) is 0 Å². The topological polar surface area (TPSA) is 18.5 Å².